The van der Waals surface area contributed by atoms with Gasteiger partial charge in [-0.05, 0) is 15.9 Å². The Morgan fingerprint density at radius 2 is 2.18 bits per heavy atom. The van der Waals surface area contributed by atoms with Gasteiger partial charge >= 0.3 is 0 Å². The number of anilines is 2. The molecule has 17 heavy (non-hydrogen) atoms. The number of hydrogen-bond acceptors (Lipinski definition) is 7. The van der Waals surface area contributed by atoms with Crippen molar-refractivity contribution in [3.63, 3.8) is 0 Å². The van der Waals surface area contributed by atoms with Gasteiger partial charge in [-0.15, -0.1) is 0 Å². The second-order valence-corrected chi connectivity index (χ2v) is 5.82. The van der Waals surface area contributed by atoms with Gasteiger partial charge in [-0.1, -0.05) is 0 Å². The summed E-state index contributed by atoms with van der Waals surface area (Å²) in [5.41, 5.74) is 2.31. The molecule has 0 unspecified atom stereocenters. The van der Waals surface area contributed by atoms with E-state index in [0.29, 0.717) is 16.8 Å². The molecule has 96 valence electrons. The molecule has 1 heterocycles. The van der Waals surface area contributed by atoms with Crippen LogP contribution in [0.15, 0.2) is 10.7 Å². The van der Waals surface area contributed by atoms with Gasteiger partial charge in [0.1, 0.15) is 5.82 Å². The Bertz CT molecular complexity index is 479. The smallest absolute Gasteiger partial charge is 0.239 e. The topological polar surface area (TPSA) is 122 Å². The summed E-state index contributed by atoms with van der Waals surface area (Å²) in [4.78, 5) is 7.92. The number of sulfonamides is 1. The number of nitrogen functional groups attached to an aromatic ring is 1. The second kappa shape index (κ2) is 6.10. The summed E-state index contributed by atoms with van der Waals surface area (Å²) in [6.45, 7) is 0.660. The van der Waals surface area contributed by atoms with Gasteiger partial charge in [-0.25, -0.2) is 24.0 Å². The van der Waals surface area contributed by atoms with Gasteiger partial charge in [0, 0.05) is 19.3 Å². The molecule has 0 saturated carbocycles. The Balaban J connectivity index is 2.51. The van der Waals surface area contributed by atoms with E-state index in [-0.39, 0.29) is 12.5 Å². The van der Waals surface area contributed by atoms with Crippen LogP contribution in [0.3, 0.4) is 0 Å². The third kappa shape index (κ3) is 5.26. The van der Waals surface area contributed by atoms with E-state index >= 15 is 0 Å². The predicted octanol–water partition coefficient (Wildman–Crippen LogP) is -0.514. The number of rotatable bonds is 6. The lowest BCUT2D eigenvalue weighted by atomic mass is 10.5. The van der Waals surface area contributed by atoms with E-state index in [1.54, 1.807) is 0 Å². The highest BCUT2D eigenvalue weighted by Gasteiger charge is 2.04. The lowest BCUT2D eigenvalue weighted by Gasteiger charge is -2.08. The first-order valence-electron chi connectivity index (χ1n) is 4.60. The van der Waals surface area contributed by atoms with Crippen molar-refractivity contribution < 1.29 is 8.42 Å². The van der Waals surface area contributed by atoms with Crippen LogP contribution in [-0.2, 0) is 10.0 Å². The number of nitrogens with one attached hydrogen (secondary N) is 3. The van der Waals surface area contributed by atoms with Crippen LogP contribution in [0.5, 0.6) is 0 Å². The molecule has 1 aromatic heterocycles. The van der Waals surface area contributed by atoms with Crippen LogP contribution in [0.2, 0.25) is 0 Å². The zero-order chi connectivity index (χ0) is 12.9. The van der Waals surface area contributed by atoms with Gasteiger partial charge in [0.2, 0.25) is 16.0 Å². The second-order valence-electron chi connectivity index (χ2n) is 3.13. The quantitative estimate of drug-likeness (QED) is 0.315. The number of hydrazine groups is 1. The lowest BCUT2D eigenvalue weighted by Crippen LogP contribution is -2.28. The van der Waals surface area contributed by atoms with Crippen molar-refractivity contribution in [2.24, 2.45) is 5.84 Å². The summed E-state index contributed by atoms with van der Waals surface area (Å²) in [5, 5.41) is 2.94. The Hall–Kier alpha value is -0.970. The summed E-state index contributed by atoms with van der Waals surface area (Å²) in [6, 6.07) is 0. The first kappa shape index (κ1) is 14.1. The minimum Gasteiger partial charge on any atom is -0.368 e. The molecule has 0 amide bonds. The molecule has 0 spiro atoms. The standard InChI is InChI=1S/C7H13BrN6O2S/c1-17(15,16)12-3-2-10-6-5(8)4-11-7(13-6)14-9/h4,12H,2-3,9H2,1H3,(H2,10,11,13,14). The largest absolute Gasteiger partial charge is 0.368 e. The van der Waals surface area contributed by atoms with Gasteiger partial charge in [-0.2, -0.15) is 4.98 Å². The van der Waals surface area contributed by atoms with Crippen molar-refractivity contribution in [2.45, 2.75) is 0 Å². The maximum Gasteiger partial charge on any atom is 0.239 e. The Morgan fingerprint density at radius 3 is 2.76 bits per heavy atom. The molecule has 0 fully saturated rings. The summed E-state index contributed by atoms with van der Waals surface area (Å²) in [5.74, 6) is 5.97. The van der Waals surface area contributed by atoms with E-state index in [4.69, 9.17) is 5.84 Å². The van der Waals surface area contributed by atoms with Gasteiger partial charge in [0.15, 0.2) is 0 Å². The fourth-order valence-corrected chi connectivity index (χ4v) is 1.78. The van der Waals surface area contributed by atoms with Crippen LogP contribution < -0.4 is 21.3 Å². The zero-order valence-electron chi connectivity index (χ0n) is 9.07. The summed E-state index contributed by atoms with van der Waals surface area (Å²) in [7, 11) is -3.17. The maximum absolute atomic E-state index is 10.8. The Kier molecular flexibility index (Phi) is 5.05. The van der Waals surface area contributed by atoms with Crippen LogP contribution in [0, 0.1) is 0 Å². The molecule has 5 N–H and O–H groups in total. The molecule has 8 nitrogen and oxygen atoms in total. The average molecular weight is 325 g/mol. The molecule has 10 heteroatoms. The highest BCUT2D eigenvalue weighted by molar-refractivity contribution is 9.10. The van der Waals surface area contributed by atoms with Crippen molar-refractivity contribution >= 4 is 37.7 Å². The summed E-state index contributed by atoms with van der Waals surface area (Å²) in [6.07, 6.45) is 2.64. The van der Waals surface area contributed by atoms with Crippen LogP contribution in [-0.4, -0.2) is 37.7 Å². The minimum atomic E-state index is -3.17. The van der Waals surface area contributed by atoms with Crippen molar-refractivity contribution in [3.8, 4) is 0 Å². The van der Waals surface area contributed by atoms with E-state index in [9.17, 15) is 8.42 Å². The molecule has 0 atom stereocenters. The molecular formula is C7H13BrN6O2S. The molecular weight excluding hydrogens is 312 g/mol. The van der Waals surface area contributed by atoms with Crippen molar-refractivity contribution in [3.05, 3.63) is 10.7 Å². The molecule has 0 aromatic carbocycles. The monoisotopic (exact) mass is 324 g/mol. The molecule has 0 radical (unpaired) electrons. The highest BCUT2D eigenvalue weighted by Crippen LogP contribution is 2.19. The van der Waals surface area contributed by atoms with Gasteiger partial charge in [-0.3, -0.25) is 5.43 Å². The molecule has 0 aliphatic rings. The van der Waals surface area contributed by atoms with E-state index in [0.717, 1.165) is 6.26 Å². The fraction of sp³-hybridized carbons (Fsp3) is 0.429. The SMILES string of the molecule is CS(=O)(=O)NCCNc1nc(NN)ncc1Br. The van der Waals surface area contributed by atoms with Gasteiger partial charge < -0.3 is 5.32 Å². The first-order chi connectivity index (χ1) is 7.92. The van der Waals surface area contributed by atoms with Gasteiger partial charge in [0.25, 0.3) is 0 Å². The third-order valence-corrected chi connectivity index (χ3v) is 2.96. The fourth-order valence-electron chi connectivity index (χ4n) is 0.978. The average Bonchev–Trinajstić information content (AvgIpc) is 2.25. The van der Waals surface area contributed by atoms with Crippen LogP contribution in [0.25, 0.3) is 0 Å². The molecule has 0 aliphatic carbocycles. The number of hydrogen-bond donors (Lipinski definition) is 4. The molecule has 0 bridgehead atoms. The number of aromatic nitrogens is 2. The van der Waals surface area contributed by atoms with Crippen molar-refractivity contribution in [2.75, 3.05) is 30.1 Å². The highest BCUT2D eigenvalue weighted by atomic mass is 79.9. The van der Waals surface area contributed by atoms with E-state index in [1.807, 2.05) is 0 Å². The molecule has 0 aliphatic heterocycles. The molecule has 1 rings (SSSR count). The first-order valence-corrected chi connectivity index (χ1v) is 7.28. The molecule has 0 saturated heterocycles. The number of nitrogens with zero attached hydrogens (tertiary/aromatic N) is 2. The summed E-state index contributed by atoms with van der Waals surface area (Å²) >= 11 is 3.26. The summed E-state index contributed by atoms with van der Waals surface area (Å²) < 4.78 is 24.6. The van der Waals surface area contributed by atoms with Crippen LogP contribution >= 0.6 is 15.9 Å². The van der Waals surface area contributed by atoms with E-state index < -0.39 is 10.0 Å². The zero-order valence-corrected chi connectivity index (χ0v) is 11.5. The lowest BCUT2D eigenvalue weighted by molar-refractivity contribution is 0.589. The minimum absolute atomic E-state index is 0.265. The Labute approximate surface area is 108 Å². The number of halogens is 1. The van der Waals surface area contributed by atoms with E-state index in [2.05, 4.69) is 41.4 Å². The maximum atomic E-state index is 10.8. The van der Waals surface area contributed by atoms with Crippen molar-refractivity contribution in [1.29, 1.82) is 0 Å². The normalized spacial score (nSPS) is 11.2. The van der Waals surface area contributed by atoms with Crippen LogP contribution in [0.1, 0.15) is 0 Å². The van der Waals surface area contributed by atoms with Gasteiger partial charge in [0.05, 0.1) is 10.7 Å². The number of nitrogens with two attached hydrogens (primary N) is 1. The van der Waals surface area contributed by atoms with E-state index in [1.165, 1.54) is 6.20 Å². The van der Waals surface area contributed by atoms with Crippen molar-refractivity contribution in [1.82, 2.24) is 14.7 Å². The van der Waals surface area contributed by atoms with Crippen LogP contribution in [0.4, 0.5) is 11.8 Å². The predicted molar refractivity (Wildman–Crippen MR) is 68.9 cm³/mol. The molecule has 1 aromatic rings. The third-order valence-electron chi connectivity index (χ3n) is 1.65. The Morgan fingerprint density at radius 1 is 1.47 bits per heavy atom.